The monoisotopic (exact) mass is 277 g/mol. The van der Waals surface area contributed by atoms with Crippen LogP contribution in [0.25, 0.3) is 0 Å². The summed E-state index contributed by atoms with van der Waals surface area (Å²) in [6, 6.07) is 1.27. The van der Waals surface area contributed by atoms with Crippen molar-refractivity contribution in [1.82, 2.24) is 9.97 Å². The maximum Gasteiger partial charge on any atom is 0.411 e. The van der Waals surface area contributed by atoms with Crippen LogP contribution >= 0.6 is 0 Å². The number of nitrogens with one attached hydrogen (secondary N) is 2. The van der Waals surface area contributed by atoms with Crippen LogP contribution in [0.15, 0.2) is 10.9 Å². The Morgan fingerprint density at radius 3 is 2.84 bits per heavy atom. The molecule has 1 heterocycles. The maximum atomic E-state index is 11.8. The molecule has 1 aromatic heterocycles. The molecule has 0 amide bonds. The summed E-state index contributed by atoms with van der Waals surface area (Å²) in [4.78, 5) is 18.2. The van der Waals surface area contributed by atoms with E-state index in [1.807, 2.05) is 0 Å². The van der Waals surface area contributed by atoms with E-state index in [0.29, 0.717) is 17.6 Å². The molecule has 0 radical (unpaired) electrons. The Kier molecular flexibility index (Phi) is 4.08. The molecule has 0 atom stereocenters. The van der Waals surface area contributed by atoms with Crippen LogP contribution in [0.4, 0.5) is 19.0 Å². The van der Waals surface area contributed by atoms with E-state index in [4.69, 9.17) is 0 Å². The molecular formula is C11H14F3N3O2. The van der Waals surface area contributed by atoms with Crippen LogP contribution < -0.4 is 10.9 Å². The van der Waals surface area contributed by atoms with Crippen LogP contribution in [0, 0.1) is 0 Å². The average Bonchev–Trinajstić information content (AvgIpc) is 3.10. The number of halogens is 3. The average molecular weight is 277 g/mol. The minimum Gasteiger partial charge on any atom is -0.370 e. The molecule has 0 bridgehead atoms. The Hall–Kier alpha value is -1.57. The first-order valence-corrected chi connectivity index (χ1v) is 5.94. The number of nitrogens with zero attached hydrogens (tertiary/aromatic N) is 1. The Morgan fingerprint density at radius 1 is 1.47 bits per heavy atom. The molecule has 2 N–H and O–H groups in total. The summed E-state index contributed by atoms with van der Waals surface area (Å²) in [7, 11) is 0. The second-order valence-corrected chi connectivity index (χ2v) is 4.38. The Balaban J connectivity index is 1.78. The normalized spacial score (nSPS) is 15.5. The van der Waals surface area contributed by atoms with Gasteiger partial charge >= 0.3 is 6.18 Å². The molecule has 0 saturated heterocycles. The molecular weight excluding hydrogens is 263 g/mol. The van der Waals surface area contributed by atoms with Crippen molar-refractivity contribution in [1.29, 1.82) is 0 Å². The van der Waals surface area contributed by atoms with Gasteiger partial charge in [-0.05, 0) is 12.8 Å². The lowest BCUT2D eigenvalue weighted by molar-refractivity contribution is -0.172. The standard InChI is InChI=1S/C11H14F3N3O2/c12-11(13,14)6-19-4-3-15-8-5-9(18)17-10(16-8)7-1-2-7/h5,7H,1-4,6H2,(H2,15,16,17,18). The summed E-state index contributed by atoms with van der Waals surface area (Å²) in [5.74, 6) is 1.29. The Labute approximate surface area is 107 Å². The van der Waals surface area contributed by atoms with E-state index in [2.05, 4.69) is 20.0 Å². The second-order valence-electron chi connectivity index (χ2n) is 4.38. The Morgan fingerprint density at radius 2 is 2.21 bits per heavy atom. The molecule has 1 aliphatic carbocycles. The van der Waals surface area contributed by atoms with Crippen LogP contribution in [0.5, 0.6) is 0 Å². The number of rotatable bonds is 6. The number of alkyl halides is 3. The summed E-state index contributed by atoms with van der Waals surface area (Å²) in [6.45, 7) is -1.21. The van der Waals surface area contributed by atoms with Gasteiger partial charge in [0.2, 0.25) is 0 Å². The molecule has 0 aliphatic heterocycles. The smallest absolute Gasteiger partial charge is 0.370 e. The zero-order valence-corrected chi connectivity index (χ0v) is 10.1. The minimum atomic E-state index is -4.32. The van der Waals surface area contributed by atoms with E-state index in [9.17, 15) is 18.0 Å². The minimum absolute atomic E-state index is 0.104. The van der Waals surface area contributed by atoms with Gasteiger partial charge in [-0.1, -0.05) is 0 Å². The van der Waals surface area contributed by atoms with Gasteiger partial charge in [-0.3, -0.25) is 4.79 Å². The lowest BCUT2D eigenvalue weighted by Crippen LogP contribution is -2.21. The van der Waals surface area contributed by atoms with Crippen LogP contribution in [0.3, 0.4) is 0 Å². The first kappa shape index (κ1) is 13.9. The van der Waals surface area contributed by atoms with Gasteiger partial charge < -0.3 is 15.0 Å². The highest BCUT2D eigenvalue weighted by atomic mass is 19.4. The summed E-state index contributed by atoms with van der Waals surface area (Å²) < 4.78 is 39.9. The lowest BCUT2D eigenvalue weighted by Gasteiger charge is -2.09. The van der Waals surface area contributed by atoms with Gasteiger partial charge in [0.25, 0.3) is 5.56 Å². The summed E-state index contributed by atoms with van der Waals surface area (Å²) in [5, 5.41) is 2.77. The molecule has 0 unspecified atom stereocenters. The number of aromatic amines is 1. The Bertz CT molecular complexity index is 483. The maximum absolute atomic E-state index is 11.8. The topological polar surface area (TPSA) is 67.0 Å². The highest BCUT2D eigenvalue weighted by Crippen LogP contribution is 2.37. The highest BCUT2D eigenvalue weighted by Gasteiger charge is 2.27. The predicted octanol–water partition coefficient (Wildman–Crippen LogP) is 1.64. The van der Waals surface area contributed by atoms with Gasteiger partial charge in [0, 0.05) is 18.5 Å². The van der Waals surface area contributed by atoms with Gasteiger partial charge in [-0.25, -0.2) is 4.98 Å². The van der Waals surface area contributed by atoms with E-state index in [0.717, 1.165) is 12.8 Å². The molecule has 1 fully saturated rings. The van der Waals surface area contributed by atoms with Crippen LogP contribution in [0.2, 0.25) is 0 Å². The number of ether oxygens (including phenoxy) is 1. The quantitative estimate of drug-likeness (QED) is 0.776. The van der Waals surface area contributed by atoms with Crippen molar-refractivity contribution in [2.75, 3.05) is 25.1 Å². The molecule has 5 nitrogen and oxygen atoms in total. The molecule has 0 aromatic carbocycles. The second kappa shape index (κ2) is 5.60. The van der Waals surface area contributed by atoms with Crippen molar-refractivity contribution in [2.45, 2.75) is 24.9 Å². The first-order chi connectivity index (χ1) is 8.94. The summed E-state index contributed by atoms with van der Waals surface area (Å²) in [6.07, 6.45) is -2.32. The van der Waals surface area contributed by atoms with Crippen molar-refractivity contribution in [2.24, 2.45) is 0 Å². The molecule has 1 aliphatic rings. The van der Waals surface area contributed by atoms with Crippen molar-refractivity contribution < 1.29 is 17.9 Å². The number of hydrogen-bond acceptors (Lipinski definition) is 4. The van der Waals surface area contributed by atoms with Crippen molar-refractivity contribution >= 4 is 5.82 Å². The molecule has 2 rings (SSSR count). The number of anilines is 1. The molecule has 19 heavy (non-hydrogen) atoms. The van der Waals surface area contributed by atoms with E-state index < -0.39 is 12.8 Å². The van der Waals surface area contributed by atoms with Crippen molar-refractivity contribution in [3.05, 3.63) is 22.2 Å². The summed E-state index contributed by atoms with van der Waals surface area (Å²) in [5.41, 5.74) is -0.268. The highest BCUT2D eigenvalue weighted by molar-refractivity contribution is 5.33. The van der Waals surface area contributed by atoms with Gasteiger partial charge in [0.1, 0.15) is 18.2 Å². The zero-order valence-electron chi connectivity index (χ0n) is 10.1. The number of aromatic nitrogens is 2. The molecule has 8 heteroatoms. The zero-order chi connectivity index (χ0) is 13.9. The number of hydrogen-bond donors (Lipinski definition) is 2. The summed E-state index contributed by atoms with van der Waals surface area (Å²) >= 11 is 0. The van der Waals surface area contributed by atoms with E-state index >= 15 is 0 Å². The first-order valence-electron chi connectivity index (χ1n) is 5.94. The van der Waals surface area contributed by atoms with Crippen LogP contribution in [-0.4, -0.2) is 35.9 Å². The van der Waals surface area contributed by atoms with Gasteiger partial charge in [0.15, 0.2) is 0 Å². The fourth-order valence-corrected chi connectivity index (χ4v) is 1.56. The van der Waals surface area contributed by atoms with E-state index in [-0.39, 0.29) is 18.7 Å². The fourth-order valence-electron chi connectivity index (χ4n) is 1.56. The molecule has 0 spiro atoms. The predicted molar refractivity (Wildman–Crippen MR) is 62.2 cm³/mol. The SMILES string of the molecule is O=c1cc(NCCOCC(F)(F)F)nc(C2CC2)[nH]1. The van der Waals surface area contributed by atoms with Crippen molar-refractivity contribution in [3.63, 3.8) is 0 Å². The third-order valence-electron chi connectivity index (χ3n) is 2.54. The van der Waals surface area contributed by atoms with Gasteiger partial charge in [-0.15, -0.1) is 0 Å². The number of H-pyrrole nitrogens is 1. The van der Waals surface area contributed by atoms with Crippen molar-refractivity contribution in [3.8, 4) is 0 Å². The largest absolute Gasteiger partial charge is 0.411 e. The van der Waals surface area contributed by atoms with Crippen LogP contribution in [0.1, 0.15) is 24.6 Å². The third-order valence-corrected chi connectivity index (χ3v) is 2.54. The van der Waals surface area contributed by atoms with Gasteiger partial charge in [-0.2, -0.15) is 13.2 Å². The van der Waals surface area contributed by atoms with E-state index in [1.165, 1.54) is 6.07 Å². The lowest BCUT2D eigenvalue weighted by atomic mass is 10.4. The molecule has 106 valence electrons. The third kappa shape index (κ3) is 4.90. The fraction of sp³-hybridized carbons (Fsp3) is 0.636. The molecule has 1 saturated carbocycles. The molecule has 1 aromatic rings. The van der Waals surface area contributed by atoms with Crippen LogP contribution in [-0.2, 0) is 4.74 Å². The van der Waals surface area contributed by atoms with Gasteiger partial charge in [0.05, 0.1) is 6.61 Å². The van der Waals surface area contributed by atoms with E-state index in [1.54, 1.807) is 0 Å².